The van der Waals surface area contributed by atoms with Gasteiger partial charge in [-0.3, -0.25) is 33.9 Å². The molecule has 17 nitrogen and oxygen atoms in total. The number of hydrogen-bond acceptors (Lipinski definition) is 12. The van der Waals surface area contributed by atoms with Gasteiger partial charge in [-0.15, -0.1) is 0 Å². The highest BCUT2D eigenvalue weighted by Crippen LogP contribution is 2.43. The first-order valence-electron chi connectivity index (χ1n) is 24.1. The molecule has 4 aliphatic heterocycles. The number of carbonyl (C=O) groups is 6. The summed E-state index contributed by atoms with van der Waals surface area (Å²) >= 11 is 0. The lowest BCUT2D eigenvalue weighted by Gasteiger charge is -2.22. The maximum absolute atomic E-state index is 14.1. The second-order valence-electron chi connectivity index (χ2n) is 18.5. The minimum atomic E-state index is -1.01. The predicted octanol–water partition coefficient (Wildman–Crippen LogP) is 7.24. The molecule has 0 unspecified atom stereocenters. The number of nitrogens with one attached hydrogen (secondary N) is 4. The highest BCUT2D eigenvalue weighted by Gasteiger charge is 2.39. The smallest absolute Gasteiger partial charge is 0.261 e. The van der Waals surface area contributed by atoms with E-state index in [9.17, 15) is 28.8 Å². The SMILES string of the molecule is COc1cc2c(cc1OCc1cc(COc3cc4c(cc3OC)C(=O)N3c5ccccc5C[C@H]3CN4)cc(NC(=O)[C@@H](C)NC(=O)[C@H](C)NC(=O)CCCCC(C)=O)c1)N=C[C@@H]1Cc3ccccc3N1C2=O. The Morgan fingerprint density at radius 1 is 0.694 bits per heavy atom. The number of rotatable bonds is 18. The average molecular weight is 976 g/mol. The number of nitrogens with zero attached hydrogens (tertiary/aromatic N) is 3. The van der Waals surface area contributed by atoms with Gasteiger partial charge in [-0.1, -0.05) is 36.4 Å². The van der Waals surface area contributed by atoms with Gasteiger partial charge in [0.2, 0.25) is 17.7 Å². The molecule has 9 rings (SSSR count). The third kappa shape index (κ3) is 10.3. The van der Waals surface area contributed by atoms with Crippen LogP contribution in [-0.4, -0.2) is 86.5 Å². The highest BCUT2D eigenvalue weighted by molar-refractivity contribution is 6.15. The molecule has 72 heavy (non-hydrogen) atoms. The van der Waals surface area contributed by atoms with Gasteiger partial charge in [-0.25, -0.2) is 0 Å². The third-order valence-electron chi connectivity index (χ3n) is 13.3. The summed E-state index contributed by atoms with van der Waals surface area (Å²) in [6.07, 6.45) is 4.81. The summed E-state index contributed by atoms with van der Waals surface area (Å²) in [5, 5.41) is 11.7. The van der Waals surface area contributed by atoms with Crippen molar-refractivity contribution in [1.29, 1.82) is 0 Å². The standard InChI is InChI=1S/C55H57N7O10/c1-31(63)12-6-11-17-51(64)58-32(2)52(65)59-33(3)53(66)60-38-19-34(29-71-49-25-43-41(23-47(49)69-4)54(67)61-39(27-56-43)21-36-13-7-9-15-45(36)61)18-35(20-38)30-72-50-26-44-42(24-48(50)70-5)55(68)62-40(28-57-44)22-37-14-8-10-16-46(37)62/h7-10,13-16,18-20,23-27,32-33,39-40,57H,6,11-12,17,21-22,28-30H2,1-5H3,(H,58,64)(H,59,65)(H,60,66)/t32-,33+,39-,40-/m0/s1. The lowest BCUT2D eigenvalue weighted by molar-refractivity contribution is -0.130. The van der Waals surface area contributed by atoms with E-state index in [1.165, 1.54) is 35.0 Å². The molecule has 0 fully saturated rings. The van der Waals surface area contributed by atoms with E-state index in [0.717, 1.165) is 28.9 Å². The number of ketones is 1. The largest absolute Gasteiger partial charge is 0.493 e. The molecule has 0 bridgehead atoms. The topological polar surface area (TPSA) is 206 Å². The number of fused-ring (bicyclic) bond motifs is 8. The zero-order valence-electron chi connectivity index (χ0n) is 40.8. The Hall–Kier alpha value is -8.21. The van der Waals surface area contributed by atoms with Gasteiger partial charge >= 0.3 is 0 Å². The van der Waals surface area contributed by atoms with Crippen LogP contribution in [0.5, 0.6) is 23.0 Å². The van der Waals surface area contributed by atoms with Crippen molar-refractivity contribution in [3.05, 3.63) is 124 Å². The Labute approximate surface area is 417 Å². The molecule has 5 amide bonds. The summed E-state index contributed by atoms with van der Waals surface area (Å²) in [5.41, 5.74) is 7.44. The maximum atomic E-state index is 14.1. The van der Waals surface area contributed by atoms with Crippen LogP contribution < -0.4 is 50.0 Å². The molecule has 4 atom stereocenters. The molecule has 5 aromatic carbocycles. The third-order valence-corrected chi connectivity index (χ3v) is 13.3. The molecule has 4 aliphatic rings. The number of methoxy groups -OCH3 is 2. The van der Waals surface area contributed by atoms with E-state index in [2.05, 4.69) is 21.3 Å². The van der Waals surface area contributed by atoms with Crippen LogP contribution in [0.4, 0.5) is 28.4 Å². The molecule has 4 heterocycles. The van der Waals surface area contributed by atoms with Crippen LogP contribution in [0.25, 0.3) is 0 Å². The van der Waals surface area contributed by atoms with Crippen molar-refractivity contribution < 1.29 is 47.7 Å². The van der Waals surface area contributed by atoms with Crippen LogP contribution in [0.1, 0.15) is 89.4 Å². The van der Waals surface area contributed by atoms with Crippen molar-refractivity contribution >= 4 is 70.0 Å². The lowest BCUT2D eigenvalue weighted by Crippen LogP contribution is -2.50. The first-order valence-corrected chi connectivity index (χ1v) is 24.1. The molecule has 0 radical (unpaired) electrons. The second kappa shape index (κ2) is 21.0. The first-order chi connectivity index (χ1) is 34.8. The number of carbonyl (C=O) groups excluding carboxylic acids is 6. The van der Waals surface area contributed by atoms with Gasteiger partial charge in [0.1, 0.15) is 31.1 Å². The molecule has 4 N–H and O–H groups in total. The van der Waals surface area contributed by atoms with Crippen LogP contribution in [0.3, 0.4) is 0 Å². The van der Waals surface area contributed by atoms with Crippen LogP contribution in [0.15, 0.2) is 96.0 Å². The number of unbranched alkanes of at least 4 members (excludes halogenated alkanes) is 1. The number of aliphatic imine (C=N–C) groups is 1. The zero-order valence-corrected chi connectivity index (χ0v) is 40.8. The number of hydrogen-bond donors (Lipinski definition) is 4. The molecule has 5 aromatic rings. The molecule has 372 valence electrons. The van der Waals surface area contributed by atoms with Crippen molar-refractivity contribution in [3.63, 3.8) is 0 Å². The summed E-state index contributed by atoms with van der Waals surface area (Å²) in [4.78, 5) is 87.1. The number of Topliss-reactive ketones (excluding diaryl/α,β-unsaturated/α-hetero) is 1. The van der Waals surface area contributed by atoms with Crippen LogP contribution in [-0.2, 0) is 45.2 Å². The first kappa shape index (κ1) is 48.8. The van der Waals surface area contributed by atoms with Gasteiger partial charge in [0, 0.05) is 61.2 Å². The maximum Gasteiger partial charge on any atom is 0.261 e. The Balaban J connectivity index is 0.939. The number of ether oxygens (including phenoxy) is 4. The fraction of sp³-hybridized carbons (Fsp3) is 0.327. The van der Waals surface area contributed by atoms with Gasteiger partial charge in [0.25, 0.3) is 11.8 Å². The van der Waals surface area contributed by atoms with E-state index in [1.807, 2.05) is 59.5 Å². The summed E-state index contributed by atoms with van der Waals surface area (Å²) in [5.74, 6) is -0.290. The zero-order chi connectivity index (χ0) is 50.6. The summed E-state index contributed by atoms with van der Waals surface area (Å²) < 4.78 is 24.4. The van der Waals surface area contributed by atoms with Gasteiger partial charge < -0.3 is 49.9 Å². The molecule has 17 heteroatoms. The molecule has 0 aliphatic carbocycles. The number of benzene rings is 5. The van der Waals surface area contributed by atoms with Gasteiger partial charge in [0.05, 0.1) is 48.8 Å². The Morgan fingerprint density at radius 3 is 1.97 bits per heavy atom. The molecular weight excluding hydrogens is 919 g/mol. The predicted molar refractivity (Wildman–Crippen MR) is 272 cm³/mol. The van der Waals surface area contributed by atoms with Crippen LogP contribution in [0, 0.1) is 0 Å². The van der Waals surface area contributed by atoms with E-state index < -0.39 is 23.9 Å². The van der Waals surface area contributed by atoms with Crippen molar-refractivity contribution in [1.82, 2.24) is 10.6 Å². The number of anilines is 4. The van der Waals surface area contributed by atoms with Crippen molar-refractivity contribution in [2.45, 2.75) is 96.7 Å². The fourth-order valence-electron chi connectivity index (χ4n) is 9.62. The molecule has 0 spiro atoms. The number of para-hydroxylation sites is 2. The van der Waals surface area contributed by atoms with E-state index in [4.69, 9.17) is 23.9 Å². The second-order valence-corrected chi connectivity index (χ2v) is 18.5. The summed E-state index contributed by atoms with van der Waals surface area (Å²) in [6.45, 7) is 5.09. The summed E-state index contributed by atoms with van der Waals surface area (Å²) in [7, 11) is 3.01. The minimum Gasteiger partial charge on any atom is -0.493 e. The molecular formula is C55H57N7O10. The van der Waals surface area contributed by atoms with Crippen molar-refractivity contribution in [2.75, 3.05) is 41.2 Å². The molecule has 0 saturated heterocycles. The average Bonchev–Trinajstić information content (AvgIpc) is 3.86. The fourth-order valence-corrected chi connectivity index (χ4v) is 9.62. The minimum absolute atomic E-state index is 0.0000288. The van der Waals surface area contributed by atoms with E-state index >= 15 is 0 Å². The molecule has 0 saturated carbocycles. The van der Waals surface area contributed by atoms with Crippen LogP contribution >= 0.6 is 0 Å². The van der Waals surface area contributed by atoms with Gasteiger partial charge in [-0.05, 0) is 105 Å². The Kier molecular flexibility index (Phi) is 14.2. The van der Waals surface area contributed by atoms with Gasteiger partial charge in [-0.2, -0.15) is 0 Å². The van der Waals surface area contributed by atoms with E-state index in [-0.39, 0.29) is 55.2 Å². The molecule has 0 aromatic heterocycles. The summed E-state index contributed by atoms with van der Waals surface area (Å²) in [6, 6.07) is 25.6. The number of amides is 5. The normalized spacial score (nSPS) is 16.7. The van der Waals surface area contributed by atoms with Crippen molar-refractivity contribution in [3.8, 4) is 23.0 Å². The highest BCUT2D eigenvalue weighted by atomic mass is 16.5. The van der Waals surface area contributed by atoms with Gasteiger partial charge in [0.15, 0.2) is 23.0 Å². The van der Waals surface area contributed by atoms with Crippen LogP contribution in [0.2, 0.25) is 0 Å². The van der Waals surface area contributed by atoms with E-state index in [0.29, 0.717) is 94.5 Å². The Bertz CT molecular complexity index is 3010. The van der Waals surface area contributed by atoms with Crippen molar-refractivity contribution in [2.24, 2.45) is 4.99 Å². The Morgan fingerprint density at radius 2 is 1.29 bits per heavy atom. The quantitative estimate of drug-likeness (QED) is 0.0644. The monoisotopic (exact) mass is 975 g/mol. The lowest BCUT2D eigenvalue weighted by atomic mass is 10.1. The van der Waals surface area contributed by atoms with E-state index in [1.54, 1.807) is 47.5 Å².